The predicted molar refractivity (Wildman–Crippen MR) is 71.1 cm³/mol. The van der Waals surface area contributed by atoms with E-state index in [1.807, 2.05) is 6.07 Å². The fraction of sp³-hybridized carbons (Fsp3) is 0.143. The number of aliphatic hydroxyl groups is 1. The molecular formula is C14H11NO3S. The minimum atomic E-state index is -1.39. The van der Waals surface area contributed by atoms with Crippen molar-refractivity contribution in [3.05, 3.63) is 57.3 Å². The number of carboxylic acid groups (broad SMARTS) is 1. The van der Waals surface area contributed by atoms with Gasteiger partial charge in [0.05, 0.1) is 22.1 Å². The van der Waals surface area contributed by atoms with Crippen molar-refractivity contribution in [2.45, 2.75) is 12.5 Å². The van der Waals surface area contributed by atoms with Gasteiger partial charge in [-0.1, -0.05) is 12.1 Å². The first-order chi connectivity index (χ1) is 8.96. The Morgan fingerprint density at radius 3 is 2.47 bits per heavy atom. The van der Waals surface area contributed by atoms with Crippen LogP contribution in [0.4, 0.5) is 0 Å². The SMILES string of the molecule is CC(O)(c1ccc(C#N)cc1)c1sccc1C(=O)O. The van der Waals surface area contributed by atoms with Gasteiger partial charge >= 0.3 is 5.97 Å². The van der Waals surface area contributed by atoms with Crippen molar-refractivity contribution in [1.29, 1.82) is 5.26 Å². The predicted octanol–water partition coefficient (Wildman–Crippen LogP) is 2.57. The van der Waals surface area contributed by atoms with E-state index < -0.39 is 11.6 Å². The van der Waals surface area contributed by atoms with Crippen LogP contribution in [0.2, 0.25) is 0 Å². The van der Waals surface area contributed by atoms with Crippen molar-refractivity contribution in [3.8, 4) is 6.07 Å². The molecule has 5 heteroatoms. The van der Waals surface area contributed by atoms with Gasteiger partial charge in [-0.15, -0.1) is 11.3 Å². The Balaban J connectivity index is 2.49. The molecule has 2 rings (SSSR count). The Morgan fingerprint density at radius 1 is 1.32 bits per heavy atom. The van der Waals surface area contributed by atoms with Crippen molar-refractivity contribution in [1.82, 2.24) is 0 Å². The number of hydrogen-bond donors (Lipinski definition) is 2. The van der Waals surface area contributed by atoms with Crippen LogP contribution in [0.15, 0.2) is 35.7 Å². The molecule has 2 aromatic rings. The average molecular weight is 273 g/mol. The second-order valence-corrected chi connectivity index (χ2v) is 5.15. The fourth-order valence-corrected chi connectivity index (χ4v) is 2.82. The van der Waals surface area contributed by atoms with Crippen LogP contribution in [0.1, 0.15) is 33.3 Å². The summed E-state index contributed by atoms with van der Waals surface area (Å²) < 4.78 is 0. The maximum atomic E-state index is 11.1. The van der Waals surface area contributed by atoms with Gasteiger partial charge < -0.3 is 10.2 Å². The van der Waals surface area contributed by atoms with Gasteiger partial charge in [-0.2, -0.15) is 5.26 Å². The number of nitrogens with zero attached hydrogens (tertiary/aromatic N) is 1. The molecular weight excluding hydrogens is 262 g/mol. The van der Waals surface area contributed by atoms with Crippen LogP contribution in [0.5, 0.6) is 0 Å². The minimum absolute atomic E-state index is 0.0966. The van der Waals surface area contributed by atoms with Crippen LogP contribution in [0, 0.1) is 11.3 Å². The zero-order valence-corrected chi connectivity index (χ0v) is 10.9. The molecule has 0 saturated carbocycles. The highest BCUT2D eigenvalue weighted by molar-refractivity contribution is 7.10. The lowest BCUT2D eigenvalue weighted by molar-refractivity contribution is 0.0674. The summed E-state index contributed by atoms with van der Waals surface area (Å²) in [6, 6.07) is 9.92. The Labute approximate surface area is 114 Å². The van der Waals surface area contributed by atoms with E-state index >= 15 is 0 Å². The van der Waals surface area contributed by atoms with Gasteiger partial charge in [-0.25, -0.2) is 4.79 Å². The highest BCUT2D eigenvalue weighted by atomic mass is 32.1. The second kappa shape index (κ2) is 4.84. The van der Waals surface area contributed by atoms with Crippen LogP contribution in [0.25, 0.3) is 0 Å². The standard InChI is InChI=1S/C14H11NO3S/c1-14(18,10-4-2-9(8-15)3-5-10)12-11(13(16)17)6-7-19-12/h2-7,18H,1H3,(H,16,17). The van der Waals surface area contributed by atoms with Gasteiger partial charge in [0.1, 0.15) is 5.60 Å². The molecule has 0 radical (unpaired) electrons. The lowest BCUT2D eigenvalue weighted by Gasteiger charge is -2.23. The molecule has 0 saturated heterocycles. The number of thiophene rings is 1. The largest absolute Gasteiger partial charge is 0.478 e. The third-order valence-corrected chi connectivity index (χ3v) is 4.04. The van der Waals surface area contributed by atoms with Gasteiger partial charge in [0.25, 0.3) is 0 Å². The summed E-state index contributed by atoms with van der Waals surface area (Å²) in [7, 11) is 0. The van der Waals surface area contributed by atoms with Gasteiger partial charge in [0, 0.05) is 0 Å². The first kappa shape index (κ1) is 13.3. The molecule has 0 bridgehead atoms. The molecule has 1 atom stereocenters. The molecule has 1 unspecified atom stereocenters. The van der Waals surface area contributed by atoms with Crippen LogP contribution in [0.3, 0.4) is 0 Å². The van der Waals surface area contributed by atoms with Crippen molar-refractivity contribution >= 4 is 17.3 Å². The Hall–Kier alpha value is -2.16. The molecule has 0 aliphatic heterocycles. The molecule has 0 spiro atoms. The monoisotopic (exact) mass is 273 g/mol. The number of aromatic carboxylic acids is 1. The Morgan fingerprint density at radius 2 is 1.95 bits per heavy atom. The number of carbonyl (C=O) groups is 1. The fourth-order valence-electron chi connectivity index (χ4n) is 1.86. The van der Waals surface area contributed by atoms with Gasteiger partial charge in [0.2, 0.25) is 0 Å². The lowest BCUT2D eigenvalue weighted by atomic mass is 9.91. The summed E-state index contributed by atoms with van der Waals surface area (Å²) >= 11 is 1.19. The van der Waals surface area contributed by atoms with Crippen molar-refractivity contribution in [3.63, 3.8) is 0 Å². The molecule has 19 heavy (non-hydrogen) atoms. The van der Waals surface area contributed by atoms with Crippen LogP contribution in [-0.2, 0) is 5.60 Å². The molecule has 0 aliphatic carbocycles. The van der Waals surface area contributed by atoms with E-state index in [-0.39, 0.29) is 5.56 Å². The summed E-state index contributed by atoms with van der Waals surface area (Å²) in [5.74, 6) is -1.06. The summed E-state index contributed by atoms with van der Waals surface area (Å²) in [5, 5.41) is 30.1. The topological polar surface area (TPSA) is 81.3 Å². The number of hydrogen-bond acceptors (Lipinski definition) is 4. The summed E-state index contributed by atoms with van der Waals surface area (Å²) in [5.41, 5.74) is -0.254. The molecule has 0 fully saturated rings. The van der Waals surface area contributed by atoms with Crippen LogP contribution in [-0.4, -0.2) is 16.2 Å². The van der Waals surface area contributed by atoms with E-state index in [0.717, 1.165) is 0 Å². The summed E-state index contributed by atoms with van der Waals surface area (Å²) in [6.07, 6.45) is 0. The Kier molecular flexibility index (Phi) is 3.38. The normalized spacial score (nSPS) is 13.5. The lowest BCUT2D eigenvalue weighted by Crippen LogP contribution is -2.23. The van der Waals surface area contributed by atoms with E-state index in [1.165, 1.54) is 17.4 Å². The van der Waals surface area contributed by atoms with Crippen molar-refractivity contribution < 1.29 is 15.0 Å². The zero-order valence-electron chi connectivity index (χ0n) is 10.1. The van der Waals surface area contributed by atoms with Gasteiger partial charge in [-0.3, -0.25) is 0 Å². The van der Waals surface area contributed by atoms with E-state index in [0.29, 0.717) is 16.0 Å². The van der Waals surface area contributed by atoms with E-state index in [4.69, 9.17) is 10.4 Å². The zero-order chi connectivity index (χ0) is 14.0. The van der Waals surface area contributed by atoms with Crippen LogP contribution < -0.4 is 0 Å². The molecule has 1 heterocycles. The highest BCUT2D eigenvalue weighted by Crippen LogP contribution is 2.35. The minimum Gasteiger partial charge on any atom is -0.478 e. The quantitative estimate of drug-likeness (QED) is 0.900. The molecule has 2 N–H and O–H groups in total. The average Bonchev–Trinajstić information content (AvgIpc) is 2.89. The second-order valence-electron chi connectivity index (χ2n) is 4.23. The molecule has 1 aromatic heterocycles. The van der Waals surface area contributed by atoms with E-state index in [9.17, 15) is 9.90 Å². The number of nitriles is 1. The van der Waals surface area contributed by atoms with E-state index in [2.05, 4.69) is 0 Å². The number of benzene rings is 1. The summed E-state index contributed by atoms with van der Waals surface area (Å²) in [4.78, 5) is 11.5. The maximum Gasteiger partial charge on any atom is 0.336 e. The summed E-state index contributed by atoms with van der Waals surface area (Å²) in [6.45, 7) is 1.55. The Bertz CT molecular complexity index is 650. The molecule has 96 valence electrons. The van der Waals surface area contributed by atoms with Gasteiger partial charge in [0.15, 0.2) is 0 Å². The van der Waals surface area contributed by atoms with Crippen molar-refractivity contribution in [2.75, 3.05) is 0 Å². The molecule has 1 aromatic carbocycles. The maximum absolute atomic E-state index is 11.1. The number of rotatable bonds is 3. The number of carboxylic acids is 1. The van der Waals surface area contributed by atoms with E-state index in [1.54, 1.807) is 36.6 Å². The smallest absolute Gasteiger partial charge is 0.336 e. The highest BCUT2D eigenvalue weighted by Gasteiger charge is 2.31. The van der Waals surface area contributed by atoms with Gasteiger partial charge in [-0.05, 0) is 36.1 Å². The van der Waals surface area contributed by atoms with Crippen LogP contribution >= 0.6 is 11.3 Å². The first-order valence-electron chi connectivity index (χ1n) is 5.51. The third-order valence-electron chi connectivity index (χ3n) is 2.91. The molecule has 0 aliphatic rings. The molecule has 4 nitrogen and oxygen atoms in total. The first-order valence-corrected chi connectivity index (χ1v) is 6.39. The molecule has 0 amide bonds. The van der Waals surface area contributed by atoms with Crippen molar-refractivity contribution in [2.24, 2.45) is 0 Å². The third kappa shape index (κ3) is 2.36.